The number of esters is 1. The number of benzene rings is 3. The minimum absolute atomic E-state index is 0.00410. The molecule has 2 aliphatic rings. The Balaban J connectivity index is 1.45. The van der Waals surface area contributed by atoms with E-state index in [1.165, 1.54) is 12.1 Å². The number of carbonyl (C=O) groups excluding carboxylic acids is 3. The first kappa shape index (κ1) is 20.2. The summed E-state index contributed by atoms with van der Waals surface area (Å²) in [4.78, 5) is 38.6. The van der Waals surface area contributed by atoms with Crippen molar-refractivity contribution in [1.29, 1.82) is 0 Å². The van der Waals surface area contributed by atoms with Crippen LogP contribution in [0.25, 0.3) is 0 Å². The largest absolute Gasteiger partial charge is 0.467 e. The van der Waals surface area contributed by atoms with Crippen LogP contribution in [0.1, 0.15) is 53.3 Å². The van der Waals surface area contributed by atoms with Gasteiger partial charge < -0.3 is 19.9 Å². The number of halogens is 1. The summed E-state index contributed by atoms with van der Waals surface area (Å²) < 4.78 is 16.2. The molecule has 0 amide bonds. The van der Waals surface area contributed by atoms with E-state index in [2.05, 4.69) is 0 Å². The van der Waals surface area contributed by atoms with Crippen LogP contribution in [0, 0.1) is 0 Å². The lowest BCUT2D eigenvalue weighted by atomic mass is 9.82. The highest BCUT2D eigenvalue weighted by atomic mass is 35.5. The Bertz CT molecular complexity index is 1320. The lowest BCUT2D eigenvalue weighted by Gasteiger charge is -2.21. The zero-order valence-electron chi connectivity index (χ0n) is 16.6. The Kier molecular flexibility index (Phi) is 4.92. The molecule has 0 fully saturated rings. The molecule has 1 heterocycles. The van der Waals surface area contributed by atoms with Gasteiger partial charge in [0.25, 0.3) is 0 Å². The van der Waals surface area contributed by atoms with Crippen LogP contribution in [0.15, 0.2) is 48.5 Å². The average molecular weight is 450 g/mol. The van der Waals surface area contributed by atoms with Gasteiger partial charge in [0.1, 0.15) is 12.4 Å². The number of rotatable bonds is 3. The summed E-state index contributed by atoms with van der Waals surface area (Å²) in [5, 5.41) is 0.458. The van der Waals surface area contributed by atoms with Gasteiger partial charge in [0.2, 0.25) is 0 Å². The zero-order chi connectivity index (χ0) is 22.4. The monoisotopic (exact) mass is 449 g/mol. The number of nitrogen functional groups attached to an aromatic ring is 1. The summed E-state index contributed by atoms with van der Waals surface area (Å²) in [6, 6.07) is 12.7. The van der Waals surface area contributed by atoms with Gasteiger partial charge in [0.15, 0.2) is 18.4 Å². The Morgan fingerprint density at radius 1 is 1.03 bits per heavy atom. The first-order valence-electron chi connectivity index (χ1n) is 9.75. The van der Waals surface area contributed by atoms with Gasteiger partial charge in [-0.15, -0.1) is 0 Å². The number of fused-ring (bicyclic) bond motifs is 3. The summed E-state index contributed by atoms with van der Waals surface area (Å²) in [5.74, 6) is -0.888. The normalized spacial score (nSPS) is 14.2. The molecule has 1 aliphatic carbocycles. The number of nitrogens with two attached hydrogens (primary N) is 1. The standard InChI is InChI=1S/C24H16ClNO6/c25-14-7-12-9-30-11-32-23(12)13(8-14)10-31-24(29)18-6-5-17-19(20(18)26)22(28)16-4-2-1-3-15(16)21(17)27/h1-8H,9-11,26H2. The van der Waals surface area contributed by atoms with E-state index in [1.54, 1.807) is 36.4 Å². The molecule has 8 heteroatoms. The lowest BCUT2D eigenvalue weighted by molar-refractivity contribution is -0.0180. The summed E-state index contributed by atoms with van der Waals surface area (Å²) in [7, 11) is 0. The smallest absolute Gasteiger partial charge is 0.340 e. The van der Waals surface area contributed by atoms with Crippen LogP contribution in [0.2, 0.25) is 5.02 Å². The molecule has 1 aliphatic heterocycles. The molecule has 3 aromatic carbocycles. The van der Waals surface area contributed by atoms with Crippen molar-refractivity contribution < 1.29 is 28.6 Å². The van der Waals surface area contributed by atoms with Gasteiger partial charge in [0.05, 0.1) is 23.4 Å². The fourth-order valence-electron chi connectivity index (χ4n) is 3.98. The fourth-order valence-corrected chi connectivity index (χ4v) is 4.24. The molecule has 0 saturated carbocycles. The molecule has 0 spiro atoms. The van der Waals surface area contributed by atoms with E-state index in [1.807, 2.05) is 0 Å². The molecule has 0 saturated heterocycles. The molecule has 32 heavy (non-hydrogen) atoms. The van der Waals surface area contributed by atoms with E-state index in [0.29, 0.717) is 28.5 Å². The minimum Gasteiger partial charge on any atom is -0.467 e. The first-order chi connectivity index (χ1) is 15.5. The SMILES string of the molecule is Nc1c(C(=O)OCc2cc(Cl)cc3c2OCOC3)ccc2c1C(=O)c1ccccc1C2=O. The molecule has 7 nitrogen and oxygen atoms in total. The molecule has 0 radical (unpaired) electrons. The van der Waals surface area contributed by atoms with Crippen molar-refractivity contribution in [2.24, 2.45) is 0 Å². The Morgan fingerprint density at radius 2 is 1.78 bits per heavy atom. The van der Waals surface area contributed by atoms with E-state index in [-0.39, 0.29) is 47.1 Å². The van der Waals surface area contributed by atoms with Crippen molar-refractivity contribution in [1.82, 2.24) is 0 Å². The van der Waals surface area contributed by atoms with Crippen molar-refractivity contribution in [2.45, 2.75) is 13.2 Å². The van der Waals surface area contributed by atoms with Crippen molar-refractivity contribution in [2.75, 3.05) is 12.5 Å². The predicted molar refractivity (Wildman–Crippen MR) is 115 cm³/mol. The van der Waals surface area contributed by atoms with Crippen LogP contribution < -0.4 is 10.5 Å². The summed E-state index contributed by atoms with van der Waals surface area (Å²) in [5.41, 5.74) is 8.20. The second-order valence-corrected chi connectivity index (χ2v) is 7.83. The zero-order valence-corrected chi connectivity index (χ0v) is 17.4. The summed E-state index contributed by atoms with van der Waals surface area (Å²) in [6.07, 6.45) is 0. The predicted octanol–water partition coefficient (Wildman–Crippen LogP) is 3.92. The molecule has 0 aromatic heterocycles. The van der Waals surface area contributed by atoms with Gasteiger partial charge in [-0.05, 0) is 24.3 Å². The molecule has 160 valence electrons. The van der Waals surface area contributed by atoms with E-state index >= 15 is 0 Å². The molecule has 2 N–H and O–H groups in total. The molecule has 0 unspecified atom stereocenters. The molecule has 5 rings (SSSR count). The number of ketones is 2. The minimum atomic E-state index is -0.731. The van der Waals surface area contributed by atoms with Crippen LogP contribution in [0.4, 0.5) is 5.69 Å². The highest BCUT2D eigenvalue weighted by Gasteiger charge is 2.33. The highest BCUT2D eigenvalue weighted by Crippen LogP contribution is 2.34. The Labute approximate surface area is 187 Å². The van der Waals surface area contributed by atoms with Gasteiger partial charge in [-0.1, -0.05) is 35.9 Å². The first-order valence-corrected chi connectivity index (χ1v) is 10.1. The quantitative estimate of drug-likeness (QED) is 0.373. The molecule has 0 atom stereocenters. The lowest BCUT2D eigenvalue weighted by Crippen LogP contribution is -2.24. The van der Waals surface area contributed by atoms with Crippen LogP contribution in [0.3, 0.4) is 0 Å². The Hall–Kier alpha value is -3.68. The molecule has 0 bridgehead atoms. The van der Waals surface area contributed by atoms with Gasteiger partial charge in [-0.25, -0.2) is 4.79 Å². The molecule has 3 aromatic rings. The van der Waals surface area contributed by atoms with E-state index in [0.717, 1.165) is 5.56 Å². The number of hydrogen-bond donors (Lipinski definition) is 1. The van der Waals surface area contributed by atoms with E-state index < -0.39 is 11.8 Å². The van der Waals surface area contributed by atoms with Gasteiger partial charge in [-0.2, -0.15) is 0 Å². The number of ether oxygens (including phenoxy) is 3. The van der Waals surface area contributed by atoms with Crippen LogP contribution in [0.5, 0.6) is 5.75 Å². The van der Waals surface area contributed by atoms with Gasteiger partial charge >= 0.3 is 5.97 Å². The Morgan fingerprint density at radius 3 is 2.56 bits per heavy atom. The number of carbonyl (C=O) groups is 3. The van der Waals surface area contributed by atoms with E-state index in [9.17, 15) is 14.4 Å². The highest BCUT2D eigenvalue weighted by molar-refractivity contribution is 6.31. The third-order valence-corrected chi connectivity index (χ3v) is 5.68. The van der Waals surface area contributed by atoms with E-state index in [4.69, 9.17) is 31.5 Å². The van der Waals surface area contributed by atoms with Crippen molar-refractivity contribution in [3.05, 3.63) is 92.5 Å². The second kappa shape index (κ2) is 7.78. The molecular formula is C24H16ClNO6. The van der Waals surface area contributed by atoms with Crippen LogP contribution in [-0.2, 0) is 22.7 Å². The van der Waals surface area contributed by atoms with Crippen molar-refractivity contribution in [3.63, 3.8) is 0 Å². The van der Waals surface area contributed by atoms with Crippen LogP contribution in [-0.4, -0.2) is 24.3 Å². The third-order valence-electron chi connectivity index (χ3n) is 5.46. The summed E-state index contributed by atoms with van der Waals surface area (Å²) in [6.45, 7) is 0.311. The second-order valence-electron chi connectivity index (χ2n) is 7.39. The topological polar surface area (TPSA) is 105 Å². The maximum Gasteiger partial charge on any atom is 0.340 e. The van der Waals surface area contributed by atoms with Crippen molar-refractivity contribution >= 4 is 34.8 Å². The average Bonchev–Trinajstić information content (AvgIpc) is 2.80. The van der Waals surface area contributed by atoms with Crippen LogP contribution >= 0.6 is 11.6 Å². The maximum atomic E-state index is 13.0. The number of anilines is 1. The third kappa shape index (κ3) is 3.23. The fraction of sp³-hybridized carbons (Fsp3) is 0.125. The van der Waals surface area contributed by atoms with Gasteiger partial charge in [0, 0.05) is 32.8 Å². The molecular weight excluding hydrogens is 434 g/mol. The van der Waals surface area contributed by atoms with Crippen molar-refractivity contribution in [3.8, 4) is 5.75 Å². The summed E-state index contributed by atoms with van der Waals surface area (Å²) >= 11 is 6.15. The number of hydrogen-bond acceptors (Lipinski definition) is 7. The van der Waals surface area contributed by atoms with Gasteiger partial charge in [-0.3, -0.25) is 9.59 Å². The maximum absolute atomic E-state index is 13.0.